The molecule has 0 bridgehead atoms. The van der Waals surface area contributed by atoms with Gasteiger partial charge in [0.25, 0.3) is 0 Å². The summed E-state index contributed by atoms with van der Waals surface area (Å²) in [4.78, 5) is 16.2. The molecule has 0 fully saturated rings. The van der Waals surface area contributed by atoms with Crippen LogP contribution in [0.5, 0.6) is 5.75 Å². The SMILES string of the molecule is CCN(CC(=O)N(C)Cc1ccc2cc(OC)ccc2c1)C(C)CS(C)(=O)=O. The summed E-state index contributed by atoms with van der Waals surface area (Å²) in [6, 6.07) is 11.8. The van der Waals surface area contributed by atoms with Crippen LogP contribution in [0.1, 0.15) is 19.4 Å². The topological polar surface area (TPSA) is 66.9 Å². The first kappa shape index (κ1) is 22.2. The number of carbonyl (C=O) groups excluding carboxylic acids is 1. The van der Waals surface area contributed by atoms with E-state index >= 15 is 0 Å². The van der Waals surface area contributed by atoms with E-state index in [1.807, 2.05) is 49.1 Å². The van der Waals surface area contributed by atoms with Crippen molar-refractivity contribution in [3.8, 4) is 5.75 Å². The first-order valence-electron chi connectivity index (χ1n) is 9.35. The van der Waals surface area contributed by atoms with Crippen molar-refractivity contribution in [1.82, 2.24) is 9.80 Å². The molecule has 0 aliphatic rings. The fourth-order valence-corrected chi connectivity index (χ4v) is 4.37. The maximum Gasteiger partial charge on any atom is 0.236 e. The van der Waals surface area contributed by atoms with Gasteiger partial charge >= 0.3 is 0 Å². The molecule has 2 aromatic carbocycles. The molecule has 0 aliphatic heterocycles. The number of ether oxygens (including phenoxy) is 1. The molecule has 6 nitrogen and oxygen atoms in total. The van der Waals surface area contributed by atoms with Gasteiger partial charge in [-0.25, -0.2) is 8.42 Å². The monoisotopic (exact) mass is 406 g/mol. The predicted octanol–water partition coefficient (Wildman–Crippen LogP) is 2.56. The average molecular weight is 407 g/mol. The minimum Gasteiger partial charge on any atom is -0.497 e. The lowest BCUT2D eigenvalue weighted by molar-refractivity contribution is -0.132. The van der Waals surface area contributed by atoms with E-state index < -0.39 is 9.84 Å². The van der Waals surface area contributed by atoms with E-state index in [0.29, 0.717) is 13.1 Å². The number of amides is 1. The van der Waals surface area contributed by atoms with E-state index in [1.54, 1.807) is 19.1 Å². The van der Waals surface area contributed by atoms with Crippen molar-refractivity contribution in [2.24, 2.45) is 0 Å². The van der Waals surface area contributed by atoms with Crippen LogP contribution in [-0.2, 0) is 21.2 Å². The van der Waals surface area contributed by atoms with Gasteiger partial charge in [0, 0.05) is 25.9 Å². The molecule has 0 spiro atoms. The lowest BCUT2D eigenvalue weighted by Crippen LogP contribution is -2.44. The van der Waals surface area contributed by atoms with Crippen LogP contribution in [0, 0.1) is 0 Å². The summed E-state index contributed by atoms with van der Waals surface area (Å²) in [5.74, 6) is 0.832. The molecule has 0 saturated carbocycles. The van der Waals surface area contributed by atoms with Gasteiger partial charge in [-0.05, 0) is 48.0 Å². The van der Waals surface area contributed by atoms with Gasteiger partial charge in [0.2, 0.25) is 5.91 Å². The second-order valence-electron chi connectivity index (χ2n) is 7.30. The second-order valence-corrected chi connectivity index (χ2v) is 9.49. The molecule has 7 heteroatoms. The number of nitrogens with zero attached hydrogens (tertiary/aromatic N) is 2. The molecule has 2 aromatic rings. The summed E-state index contributed by atoms with van der Waals surface area (Å²) in [6.45, 7) is 5.10. The highest BCUT2D eigenvalue weighted by molar-refractivity contribution is 7.90. The third-order valence-electron chi connectivity index (χ3n) is 4.87. The predicted molar refractivity (Wildman–Crippen MR) is 113 cm³/mol. The van der Waals surface area contributed by atoms with Crippen molar-refractivity contribution in [2.45, 2.75) is 26.4 Å². The van der Waals surface area contributed by atoms with Crippen molar-refractivity contribution in [1.29, 1.82) is 0 Å². The zero-order valence-electron chi connectivity index (χ0n) is 17.3. The zero-order chi connectivity index (χ0) is 20.9. The Bertz CT molecular complexity index is 927. The van der Waals surface area contributed by atoms with Crippen molar-refractivity contribution < 1.29 is 17.9 Å². The molecule has 0 radical (unpaired) electrons. The Labute approximate surface area is 168 Å². The Balaban J connectivity index is 2.03. The van der Waals surface area contributed by atoms with Gasteiger partial charge in [-0.2, -0.15) is 0 Å². The van der Waals surface area contributed by atoms with Crippen LogP contribution in [0.2, 0.25) is 0 Å². The molecule has 0 N–H and O–H groups in total. The number of sulfone groups is 1. The average Bonchev–Trinajstić information content (AvgIpc) is 2.63. The summed E-state index contributed by atoms with van der Waals surface area (Å²) < 4.78 is 28.3. The molecule has 1 unspecified atom stereocenters. The van der Waals surface area contributed by atoms with Crippen molar-refractivity contribution in [2.75, 3.05) is 39.3 Å². The number of hydrogen-bond acceptors (Lipinski definition) is 5. The van der Waals surface area contributed by atoms with E-state index in [4.69, 9.17) is 4.74 Å². The highest BCUT2D eigenvalue weighted by Crippen LogP contribution is 2.22. The van der Waals surface area contributed by atoms with Crippen LogP contribution >= 0.6 is 0 Å². The Morgan fingerprint density at radius 3 is 2.39 bits per heavy atom. The standard InChI is InChI=1S/C21H30N2O4S/c1-6-23(16(2)15-28(5,25)26)14-21(24)22(3)13-17-7-8-19-12-20(27-4)10-9-18(19)11-17/h7-12,16H,6,13-15H2,1-5H3. The molecule has 1 atom stereocenters. The first-order chi connectivity index (χ1) is 13.1. The number of rotatable bonds is 9. The van der Waals surface area contributed by atoms with Gasteiger partial charge < -0.3 is 9.64 Å². The Morgan fingerprint density at radius 1 is 1.14 bits per heavy atom. The van der Waals surface area contributed by atoms with E-state index in [9.17, 15) is 13.2 Å². The number of carbonyl (C=O) groups is 1. The fraction of sp³-hybridized carbons (Fsp3) is 0.476. The third-order valence-corrected chi connectivity index (χ3v) is 5.96. The number of hydrogen-bond donors (Lipinski definition) is 0. The van der Waals surface area contributed by atoms with Crippen molar-refractivity contribution >= 4 is 26.5 Å². The first-order valence-corrected chi connectivity index (χ1v) is 11.4. The minimum absolute atomic E-state index is 0.0305. The van der Waals surface area contributed by atoms with Crippen LogP contribution in [0.3, 0.4) is 0 Å². The van der Waals surface area contributed by atoms with Gasteiger partial charge in [-0.3, -0.25) is 9.69 Å². The number of fused-ring (bicyclic) bond motifs is 1. The van der Waals surface area contributed by atoms with Gasteiger partial charge in [-0.1, -0.05) is 25.1 Å². The maximum absolute atomic E-state index is 12.7. The Kier molecular flexibility index (Phi) is 7.43. The van der Waals surface area contributed by atoms with Crippen molar-refractivity contribution in [3.63, 3.8) is 0 Å². The quantitative estimate of drug-likeness (QED) is 0.640. The summed E-state index contributed by atoms with van der Waals surface area (Å²) in [6.07, 6.45) is 1.22. The van der Waals surface area contributed by atoms with Crippen LogP contribution in [-0.4, -0.2) is 69.4 Å². The Morgan fingerprint density at radius 2 is 1.79 bits per heavy atom. The molecular formula is C21H30N2O4S. The van der Waals surface area contributed by atoms with Crippen LogP contribution in [0.25, 0.3) is 10.8 Å². The smallest absolute Gasteiger partial charge is 0.236 e. The van der Waals surface area contributed by atoms with Gasteiger partial charge in [0.05, 0.1) is 19.4 Å². The molecule has 0 aromatic heterocycles. The highest BCUT2D eigenvalue weighted by Gasteiger charge is 2.21. The molecule has 154 valence electrons. The van der Waals surface area contributed by atoms with Crippen LogP contribution in [0.4, 0.5) is 0 Å². The maximum atomic E-state index is 12.7. The summed E-state index contributed by atoms with van der Waals surface area (Å²) in [7, 11) is 0.334. The highest BCUT2D eigenvalue weighted by atomic mass is 32.2. The number of methoxy groups -OCH3 is 1. The summed E-state index contributed by atoms with van der Waals surface area (Å²) in [5.41, 5.74) is 1.04. The lowest BCUT2D eigenvalue weighted by Gasteiger charge is -2.28. The minimum atomic E-state index is -3.08. The van der Waals surface area contributed by atoms with E-state index in [-0.39, 0.29) is 24.2 Å². The van der Waals surface area contributed by atoms with E-state index in [1.165, 1.54) is 6.26 Å². The van der Waals surface area contributed by atoms with Gasteiger partial charge in [0.1, 0.15) is 15.6 Å². The molecule has 28 heavy (non-hydrogen) atoms. The number of benzene rings is 2. The van der Waals surface area contributed by atoms with Gasteiger partial charge in [0.15, 0.2) is 0 Å². The van der Waals surface area contributed by atoms with Crippen LogP contribution < -0.4 is 4.74 Å². The molecule has 0 heterocycles. The van der Waals surface area contributed by atoms with E-state index in [2.05, 4.69) is 6.07 Å². The van der Waals surface area contributed by atoms with Gasteiger partial charge in [-0.15, -0.1) is 0 Å². The molecule has 0 saturated heterocycles. The molecule has 0 aliphatic carbocycles. The number of likely N-dealkylation sites (N-methyl/N-ethyl adjacent to an activating group) is 2. The summed E-state index contributed by atoms with van der Waals surface area (Å²) in [5, 5.41) is 2.18. The van der Waals surface area contributed by atoms with E-state index in [0.717, 1.165) is 22.1 Å². The fourth-order valence-electron chi connectivity index (χ4n) is 3.28. The normalized spacial score (nSPS) is 12.9. The second kappa shape index (κ2) is 9.39. The Hall–Kier alpha value is -2.12. The summed E-state index contributed by atoms with van der Waals surface area (Å²) >= 11 is 0. The molecule has 1 amide bonds. The van der Waals surface area contributed by atoms with Crippen LogP contribution in [0.15, 0.2) is 36.4 Å². The lowest BCUT2D eigenvalue weighted by atomic mass is 10.1. The molecular weight excluding hydrogens is 376 g/mol. The largest absolute Gasteiger partial charge is 0.497 e. The molecule has 2 rings (SSSR count). The third kappa shape index (κ3) is 6.21. The van der Waals surface area contributed by atoms with Crippen molar-refractivity contribution in [3.05, 3.63) is 42.0 Å². The zero-order valence-corrected chi connectivity index (χ0v) is 18.1.